The molecule has 6 heteroatoms. The Morgan fingerprint density at radius 2 is 2.00 bits per heavy atom. The van der Waals surface area contributed by atoms with E-state index in [1.54, 1.807) is 17.0 Å². The zero-order valence-electron chi connectivity index (χ0n) is 14.0. The smallest absolute Gasteiger partial charge is 0.410 e. The Morgan fingerprint density at radius 3 is 2.57 bits per heavy atom. The van der Waals surface area contributed by atoms with Crippen molar-refractivity contribution in [2.24, 2.45) is 0 Å². The van der Waals surface area contributed by atoms with Crippen molar-refractivity contribution in [3.63, 3.8) is 0 Å². The van der Waals surface area contributed by atoms with E-state index in [4.69, 9.17) is 4.74 Å². The second-order valence-corrected chi connectivity index (χ2v) is 6.31. The van der Waals surface area contributed by atoms with Gasteiger partial charge >= 0.3 is 12.1 Å². The number of carbonyl (C=O) groups is 2. The van der Waals surface area contributed by atoms with Gasteiger partial charge in [-0.1, -0.05) is 12.1 Å². The van der Waals surface area contributed by atoms with Crippen LogP contribution in [0.3, 0.4) is 0 Å². The van der Waals surface area contributed by atoms with Crippen LogP contribution in [0.5, 0.6) is 0 Å². The maximum Gasteiger partial charge on any atom is 0.410 e. The Labute approximate surface area is 136 Å². The zero-order chi connectivity index (χ0) is 17.0. The van der Waals surface area contributed by atoms with E-state index in [9.17, 15) is 9.59 Å². The van der Waals surface area contributed by atoms with Crippen molar-refractivity contribution in [2.75, 3.05) is 20.2 Å². The van der Waals surface area contributed by atoms with Crippen LogP contribution in [0.25, 0.3) is 5.57 Å². The quantitative estimate of drug-likeness (QED) is 0.784. The topological polar surface area (TPSA) is 68.7 Å². The predicted octanol–water partition coefficient (Wildman–Crippen LogP) is 2.89. The normalized spacial score (nSPS) is 15.0. The number of aromatic nitrogens is 1. The summed E-state index contributed by atoms with van der Waals surface area (Å²) in [5.41, 5.74) is 1.52. The summed E-state index contributed by atoms with van der Waals surface area (Å²) in [5, 5.41) is 0. The van der Waals surface area contributed by atoms with Crippen LogP contribution in [0.1, 0.15) is 43.4 Å². The Bertz CT molecular complexity index is 632. The summed E-state index contributed by atoms with van der Waals surface area (Å²) < 4.78 is 10.0. The monoisotopic (exact) mass is 318 g/mol. The van der Waals surface area contributed by atoms with Crippen molar-refractivity contribution in [1.29, 1.82) is 0 Å². The van der Waals surface area contributed by atoms with Gasteiger partial charge in [-0.15, -0.1) is 0 Å². The number of rotatable bonds is 2. The van der Waals surface area contributed by atoms with Gasteiger partial charge in [0.15, 0.2) is 0 Å². The Morgan fingerprint density at radius 1 is 1.26 bits per heavy atom. The van der Waals surface area contributed by atoms with E-state index < -0.39 is 11.6 Å². The molecule has 124 valence electrons. The lowest BCUT2D eigenvalue weighted by atomic mass is 10.0. The van der Waals surface area contributed by atoms with Gasteiger partial charge in [0.2, 0.25) is 0 Å². The van der Waals surface area contributed by atoms with Crippen molar-refractivity contribution in [3.05, 3.63) is 35.7 Å². The number of carbonyl (C=O) groups excluding carboxylic acids is 2. The lowest BCUT2D eigenvalue weighted by molar-refractivity contribution is 0.0270. The Hall–Kier alpha value is -2.37. The number of pyridine rings is 1. The van der Waals surface area contributed by atoms with Gasteiger partial charge in [-0.25, -0.2) is 14.6 Å². The molecule has 0 radical (unpaired) electrons. The van der Waals surface area contributed by atoms with E-state index in [1.807, 2.05) is 32.9 Å². The van der Waals surface area contributed by atoms with Crippen molar-refractivity contribution in [1.82, 2.24) is 9.88 Å². The summed E-state index contributed by atoms with van der Waals surface area (Å²) >= 11 is 0. The maximum atomic E-state index is 12.0. The zero-order valence-corrected chi connectivity index (χ0v) is 14.0. The molecule has 0 atom stereocenters. The van der Waals surface area contributed by atoms with E-state index >= 15 is 0 Å². The van der Waals surface area contributed by atoms with Crippen LogP contribution < -0.4 is 0 Å². The van der Waals surface area contributed by atoms with Crippen LogP contribution in [-0.4, -0.2) is 47.7 Å². The third-order valence-electron chi connectivity index (χ3n) is 3.33. The molecule has 1 aromatic rings. The van der Waals surface area contributed by atoms with Crippen LogP contribution in [0.15, 0.2) is 24.3 Å². The average molecular weight is 318 g/mol. The van der Waals surface area contributed by atoms with Crippen LogP contribution in [0.2, 0.25) is 0 Å². The highest BCUT2D eigenvalue weighted by Gasteiger charge is 2.24. The van der Waals surface area contributed by atoms with Crippen molar-refractivity contribution >= 4 is 17.6 Å². The molecule has 0 aliphatic carbocycles. The summed E-state index contributed by atoms with van der Waals surface area (Å²) in [6, 6.07) is 5.24. The number of hydrogen-bond donors (Lipinski definition) is 0. The minimum absolute atomic E-state index is 0.278. The molecule has 1 aliphatic rings. The molecule has 0 aromatic carbocycles. The highest BCUT2D eigenvalue weighted by molar-refractivity contribution is 5.87. The molecule has 23 heavy (non-hydrogen) atoms. The van der Waals surface area contributed by atoms with Crippen LogP contribution in [0.4, 0.5) is 4.79 Å². The lowest BCUT2D eigenvalue weighted by Crippen LogP contribution is -2.39. The fourth-order valence-electron chi connectivity index (χ4n) is 2.23. The van der Waals surface area contributed by atoms with Gasteiger partial charge in [-0.2, -0.15) is 0 Å². The molecule has 6 nitrogen and oxygen atoms in total. The van der Waals surface area contributed by atoms with Crippen LogP contribution in [-0.2, 0) is 9.47 Å². The van der Waals surface area contributed by atoms with Gasteiger partial charge in [0.1, 0.15) is 11.3 Å². The van der Waals surface area contributed by atoms with E-state index in [1.165, 1.54) is 7.11 Å². The third-order valence-corrected chi connectivity index (χ3v) is 3.33. The number of hydrogen-bond acceptors (Lipinski definition) is 5. The van der Waals surface area contributed by atoms with Gasteiger partial charge in [0.25, 0.3) is 0 Å². The fourth-order valence-corrected chi connectivity index (χ4v) is 2.23. The number of esters is 1. The van der Waals surface area contributed by atoms with E-state index in [0.717, 1.165) is 11.3 Å². The molecule has 0 fully saturated rings. The first-order valence-corrected chi connectivity index (χ1v) is 7.53. The van der Waals surface area contributed by atoms with Crippen molar-refractivity contribution < 1.29 is 19.1 Å². The highest BCUT2D eigenvalue weighted by atomic mass is 16.6. The summed E-state index contributed by atoms with van der Waals surface area (Å²) in [4.78, 5) is 29.6. The molecule has 0 unspecified atom stereocenters. The molecule has 2 rings (SSSR count). The summed E-state index contributed by atoms with van der Waals surface area (Å²) in [5.74, 6) is -0.460. The lowest BCUT2D eigenvalue weighted by Gasteiger charge is -2.29. The fraction of sp³-hybridized carbons (Fsp3) is 0.471. The number of ether oxygens (including phenoxy) is 2. The second kappa shape index (κ2) is 6.81. The Balaban J connectivity index is 2.07. The first-order valence-electron chi connectivity index (χ1n) is 7.53. The van der Waals surface area contributed by atoms with Gasteiger partial charge in [-0.3, -0.25) is 0 Å². The first kappa shape index (κ1) is 17.0. The summed E-state index contributed by atoms with van der Waals surface area (Å²) in [6.07, 6.45) is 2.29. The highest BCUT2D eigenvalue weighted by Crippen LogP contribution is 2.22. The van der Waals surface area contributed by atoms with E-state index in [-0.39, 0.29) is 11.8 Å². The maximum absolute atomic E-state index is 12.0. The molecule has 0 saturated heterocycles. The average Bonchev–Trinajstić information content (AvgIpc) is 2.53. The molecule has 0 saturated carbocycles. The predicted molar refractivity (Wildman–Crippen MR) is 86.0 cm³/mol. The minimum Gasteiger partial charge on any atom is -0.464 e. The standard InChI is InChI=1S/C17H22N2O4/c1-17(2,3)23-16(21)19-10-8-12(9-11-19)13-6-5-7-14(18-13)15(20)22-4/h5-8H,9-11H2,1-4H3. The minimum atomic E-state index is -0.503. The largest absolute Gasteiger partial charge is 0.464 e. The summed E-state index contributed by atoms with van der Waals surface area (Å²) in [6.45, 7) is 6.56. The van der Waals surface area contributed by atoms with Crippen molar-refractivity contribution in [2.45, 2.75) is 32.8 Å². The molecule has 1 aliphatic heterocycles. The number of methoxy groups -OCH3 is 1. The molecule has 1 aromatic heterocycles. The van der Waals surface area contributed by atoms with Gasteiger partial charge < -0.3 is 14.4 Å². The van der Waals surface area contributed by atoms with E-state index in [0.29, 0.717) is 19.5 Å². The molecular weight excluding hydrogens is 296 g/mol. The molecule has 0 spiro atoms. The first-order chi connectivity index (χ1) is 10.8. The molecule has 0 bridgehead atoms. The van der Waals surface area contributed by atoms with Gasteiger partial charge in [-0.05, 0) is 44.9 Å². The SMILES string of the molecule is COC(=O)c1cccc(C2=CCN(C(=O)OC(C)(C)C)CC2)n1. The third kappa shape index (κ3) is 4.55. The van der Waals surface area contributed by atoms with Gasteiger partial charge in [0, 0.05) is 13.1 Å². The molecular formula is C17H22N2O4. The number of amides is 1. The second-order valence-electron chi connectivity index (χ2n) is 6.31. The molecule has 1 amide bonds. The van der Waals surface area contributed by atoms with E-state index in [2.05, 4.69) is 9.72 Å². The Kier molecular flexibility index (Phi) is 5.03. The molecule has 2 heterocycles. The molecule has 0 N–H and O–H groups in total. The van der Waals surface area contributed by atoms with Crippen molar-refractivity contribution in [3.8, 4) is 0 Å². The van der Waals surface area contributed by atoms with Crippen LogP contribution in [0, 0.1) is 0 Å². The van der Waals surface area contributed by atoms with Crippen LogP contribution >= 0.6 is 0 Å². The number of nitrogens with zero attached hydrogens (tertiary/aromatic N) is 2. The summed E-state index contributed by atoms with van der Waals surface area (Å²) in [7, 11) is 1.33. The van der Waals surface area contributed by atoms with Gasteiger partial charge in [0.05, 0.1) is 12.8 Å².